The van der Waals surface area contributed by atoms with Crippen molar-refractivity contribution in [2.75, 3.05) is 26.2 Å². The normalized spacial score (nSPS) is 17.5. The van der Waals surface area contributed by atoms with E-state index in [0.29, 0.717) is 37.6 Å². The van der Waals surface area contributed by atoms with Gasteiger partial charge >= 0.3 is 6.03 Å². The number of rotatable bonds is 2. The molecule has 6 nitrogen and oxygen atoms in total. The minimum Gasteiger partial charge on any atom is -0.351 e. The molecule has 2 heterocycles. The number of halogens is 1. The average Bonchev–Trinajstić information content (AvgIpc) is 3.11. The van der Waals surface area contributed by atoms with E-state index in [1.807, 2.05) is 53.4 Å². The van der Waals surface area contributed by atoms with Crippen LogP contribution in [0.3, 0.4) is 0 Å². The zero-order chi connectivity index (χ0) is 23.7. The van der Waals surface area contributed by atoms with Gasteiger partial charge in [-0.3, -0.25) is 4.79 Å². The predicted molar refractivity (Wildman–Crippen MR) is 136 cm³/mol. The standard InChI is InChI=1S/C27H27ClN4O2/c28-22-11-3-1-7-18(22)17-19-8-5-10-21-24(20-9-2-4-12-23(20)30-25(19)21)26(33)31-13-6-14-32(16-15-31)27(29)34/h1-4,7,9,11-12,17H,5-6,8,10,13-16H2,(H2,29,34). The second-order valence-electron chi connectivity index (χ2n) is 8.85. The maximum absolute atomic E-state index is 14.0. The van der Waals surface area contributed by atoms with Gasteiger partial charge in [-0.05, 0) is 60.6 Å². The van der Waals surface area contributed by atoms with Crippen LogP contribution in [-0.2, 0) is 6.42 Å². The van der Waals surface area contributed by atoms with E-state index in [1.54, 1.807) is 4.90 Å². The van der Waals surface area contributed by atoms with Crippen LogP contribution in [0.1, 0.15) is 46.4 Å². The summed E-state index contributed by atoms with van der Waals surface area (Å²) in [4.78, 5) is 34.1. The Kier molecular flexibility index (Phi) is 6.24. The summed E-state index contributed by atoms with van der Waals surface area (Å²) in [5.74, 6) is 0.000152. The summed E-state index contributed by atoms with van der Waals surface area (Å²) >= 11 is 6.44. The highest BCUT2D eigenvalue weighted by Gasteiger charge is 2.29. The Morgan fingerprint density at radius 2 is 1.65 bits per heavy atom. The average molecular weight is 475 g/mol. The zero-order valence-corrected chi connectivity index (χ0v) is 19.7. The number of urea groups is 1. The van der Waals surface area contributed by atoms with Crippen LogP contribution in [0.15, 0.2) is 48.5 Å². The van der Waals surface area contributed by atoms with Crippen molar-refractivity contribution in [3.63, 3.8) is 0 Å². The Hall–Kier alpha value is -3.38. The van der Waals surface area contributed by atoms with E-state index in [1.165, 1.54) is 0 Å². The van der Waals surface area contributed by atoms with Crippen LogP contribution in [0.2, 0.25) is 5.02 Å². The fraction of sp³-hybridized carbons (Fsp3) is 0.296. The number of hydrogen-bond acceptors (Lipinski definition) is 3. The van der Waals surface area contributed by atoms with Crippen LogP contribution in [0.25, 0.3) is 22.6 Å². The first-order chi connectivity index (χ1) is 16.5. The van der Waals surface area contributed by atoms with Crippen LogP contribution in [-0.4, -0.2) is 52.9 Å². The molecule has 1 aliphatic carbocycles. The molecule has 5 rings (SSSR count). The third kappa shape index (κ3) is 4.26. The third-order valence-electron chi connectivity index (χ3n) is 6.71. The lowest BCUT2D eigenvalue weighted by atomic mass is 9.85. The van der Waals surface area contributed by atoms with E-state index in [2.05, 4.69) is 6.08 Å². The van der Waals surface area contributed by atoms with Gasteiger partial charge in [0.2, 0.25) is 0 Å². The SMILES string of the molecule is NC(=O)N1CCCN(C(=O)c2c3c(nc4ccccc24)C(=Cc2ccccc2Cl)CCC3)CC1. The highest BCUT2D eigenvalue weighted by Crippen LogP contribution is 2.37. The summed E-state index contributed by atoms with van der Waals surface area (Å²) < 4.78 is 0. The number of nitrogens with two attached hydrogens (primary N) is 1. The van der Waals surface area contributed by atoms with E-state index in [4.69, 9.17) is 22.3 Å². The quantitative estimate of drug-likeness (QED) is 0.568. The minimum atomic E-state index is -0.435. The van der Waals surface area contributed by atoms with Gasteiger partial charge in [-0.1, -0.05) is 48.0 Å². The van der Waals surface area contributed by atoms with Gasteiger partial charge in [-0.15, -0.1) is 0 Å². The number of fused-ring (bicyclic) bond motifs is 2. The second kappa shape index (κ2) is 9.47. The van der Waals surface area contributed by atoms with Crippen LogP contribution >= 0.6 is 11.6 Å². The molecule has 0 saturated carbocycles. The van der Waals surface area contributed by atoms with Gasteiger partial charge in [-0.2, -0.15) is 0 Å². The number of amides is 3. The van der Waals surface area contributed by atoms with Gasteiger partial charge < -0.3 is 15.5 Å². The molecule has 1 fully saturated rings. The number of para-hydroxylation sites is 1. The van der Waals surface area contributed by atoms with Crippen molar-refractivity contribution < 1.29 is 9.59 Å². The van der Waals surface area contributed by atoms with E-state index in [0.717, 1.165) is 58.1 Å². The molecule has 0 unspecified atom stereocenters. The largest absolute Gasteiger partial charge is 0.351 e. The molecule has 2 N–H and O–H groups in total. The summed E-state index contributed by atoms with van der Waals surface area (Å²) in [6, 6.07) is 15.2. The number of pyridine rings is 1. The monoisotopic (exact) mass is 474 g/mol. The number of allylic oxidation sites excluding steroid dienone is 1. The second-order valence-corrected chi connectivity index (χ2v) is 9.25. The molecular formula is C27H27ClN4O2. The van der Waals surface area contributed by atoms with Crippen LogP contribution in [0.4, 0.5) is 4.79 Å². The number of nitrogens with zero attached hydrogens (tertiary/aromatic N) is 3. The van der Waals surface area contributed by atoms with Crippen molar-refractivity contribution in [1.82, 2.24) is 14.8 Å². The molecule has 0 atom stereocenters. The number of primary amides is 1. The molecule has 3 amide bonds. The molecule has 1 aliphatic heterocycles. The molecule has 2 aromatic carbocycles. The molecule has 2 aliphatic rings. The Bertz CT molecular complexity index is 1300. The molecule has 34 heavy (non-hydrogen) atoms. The van der Waals surface area contributed by atoms with Gasteiger partial charge in [0.1, 0.15) is 0 Å². The summed E-state index contributed by atoms with van der Waals surface area (Å²) in [6.07, 6.45) is 5.44. The van der Waals surface area contributed by atoms with Crippen molar-refractivity contribution in [3.8, 4) is 0 Å². The summed E-state index contributed by atoms with van der Waals surface area (Å²) in [5.41, 5.74) is 11.0. The number of carbonyl (C=O) groups excluding carboxylic acids is 2. The summed E-state index contributed by atoms with van der Waals surface area (Å²) in [7, 11) is 0. The van der Waals surface area contributed by atoms with Crippen LogP contribution < -0.4 is 5.73 Å². The molecule has 174 valence electrons. The van der Waals surface area contributed by atoms with Gasteiger partial charge in [-0.25, -0.2) is 9.78 Å². The topological polar surface area (TPSA) is 79.5 Å². The van der Waals surface area contributed by atoms with Crippen molar-refractivity contribution in [3.05, 3.63) is 75.9 Å². The summed E-state index contributed by atoms with van der Waals surface area (Å²) in [6.45, 7) is 2.08. The molecule has 1 aromatic heterocycles. The Morgan fingerprint density at radius 3 is 2.47 bits per heavy atom. The maximum Gasteiger partial charge on any atom is 0.314 e. The van der Waals surface area contributed by atoms with Gasteiger partial charge in [0, 0.05) is 36.6 Å². The lowest BCUT2D eigenvalue weighted by Crippen LogP contribution is -2.40. The van der Waals surface area contributed by atoms with E-state index < -0.39 is 6.03 Å². The lowest BCUT2D eigenvalue weighted by molar-refractivity contribution is 0.0763. The highest BCUT2D eigenvalue weighted by atomic mass is 35.5. The van der Waals surface area contributed by atoms with Gasteiger partial charge in [0.15, 0.2) is 0 Å². The van der Waals surface area contributed by atoms with Gasteiger partial charge in [0.25, 0.3) is 5.91 Å². The van der Waals surface area contributed by atoms with E-state index in [-0.39, 0.29) is 5.91 Å². The number of hydrogen-bond donors (Lipinski definition) is 1. The molecule has 0 bridgehead atoms. The summed E-state index contributed by atoms with van der Waals surface area (Å²) in [5, 5.41) is 1.57. The smallest absolute Gasteiger partial charge is 0.314 e. The van der Waals surface area contributed by atoms with Crippen LogP contribution in [0.5, 0.6) is 0 Å². The predicted octanol–water partition coefficient (Wildman–Crippen LogP) is 4.99. The van der Waals surface area contributed by atoms with Crippen molar-refractivity contribution in [2.24, 2.45) is 5.73 Å². The van der Waals surface area contributed by atoms with Crippen molar-refractivity contribution in [2.45, 2.75) is 25.7 Å². The highest BCUT2D eigenvalue weighted by molar-refractivity contribution is 6.32. The number of aromatic nitrogens is 1. The minimum absolute atomic E-state index is 0.000152. The third-order valence-corrected chi connectivity index (χ3v) is 7.06. The molecule has 3 aromatic rings. The van der Waals surface area contributed by atoms with Gasteiger partial charge in [0.05, 0.1) is 16.8 Å². The Balaban J connectivity index is 1.61. The first-order valence-electron chi connectivity index (χ1n) is 11.7. The lowest BCUT2D eigenvalue weighted by Gasteiger charge is -2.27. The Labute approximate surface area is 204 Å². The molecule has 1 saturated heterocycles. The fourth-order valence-electron chi connectivity index (χ4n) is 5.00. The number of carbonyl (C=O) groups is 2. The van der Waals surface area contributed by atoms with E-state index >= 15 is 0 Å². The van der Waals surface area contributed by atoms with Crippen LogP contribution in [0, 0.1) is 0 Å². The maximum atomic E-state index is 14.0. The zero-order valence-electron chi connectivity index (χ0n) is 19.0. The fourth-order valence-corrected chi connectivity index (χ4v) is 5.19. The molecule has 0 radical (unpaired) electrons. The molecule has 7 heteroatoms. The van der Waals surface area contributed by atoms with E-state index in [9.17, 15) is 9.59 Å². The Morgan fingerprint density at radius 1 is 0.912 bits per heavy atom. The molecular weight excluding hydrogens is 448 g/mol. The van der Waals surface area contributed by atoms with Crippen molar-refractivity contribution in [1.29, 1.82) is 0 Å². The molecule has 0 spiro atoms. The first kappa shape index (κ1) is 22.4. The number of benzene rings is 2. The van der Waals surface area contributed by atoms with Crippen molar-refractivity contribution >= 4 is 46.1 Å². The first-order valence-corrected chi connectivity index (χ1v) is 12.1.